The molecule has 0 spiro atoms. The second-order valence-electron chi connectivity index (χ2n) is 5.83. The van der Waals surface area contributed by atoms with Gasteiger partial charge in [-0.2, -0.15) is 0 Å². The van der Waals surface area contributed by atoms with Gasteiger partial charge in [-0.3, -0.25) is 0 Å². The van der Waals surface area contributed by atoms with Gasteiger partial charge in [-0.15, -0.1) is 0 Å². The van der Waals surface area contributed by atoms with Gasteiger partial charge >= 0.3 is 5.97 Å². The van der Waals surface area contributed by atoms with Gasteiger partial charge in [0, 0.05) is 16.8 Å². The molecular formula is C20H17ClFNO4. The van der Waals surface area contributed by atoms with E-state index in [2.05, 4.69) is 4.98 Å². The summed E-state index contributed by atoms with van der Waals surface area (Å²) in [5, 5.41) is 11.2. The topological polar surface area (TPSA) is 68.7 Å². The number of aromatic hydroxyl groups is 1. The Balaban J connectivity index is 2.04. The zero-order chi connectivity index (χ0) is 19.4. The van der Waals surface area contributed by atoms with Crippen molar-refractivity contribution in [3.05, 3.63) is 59.0 Å². The van der Waals surface area contributed by atoms with Crippen LogP contribution in [0.3, 0.4) is 0 Å². The van der Waals surface area contributed by atoms with Crippen LogP contribution in [-0.2, 0) is 4.74 Å². The Morgan fingerprint density at radius 2 is 1.96 bits per heavy atom. The van der Waals surface area contributed by atoms with Crippen LogP contribution in [0.2, 0.25) is 5.02 Å². The maximum atomic E-state index is 13.4. The highest BCUT2D eigenvalue weighted by atomic mass is 35.5. The maximum Gasteiger partial charge on any atom is 0.360 e. The van der Waals surface area contributed by atoms with Crippen molar-refractivity contribution in [2.24, 2.45) is 0 Å². The molecule has 0 saturated heterocycles. The summed E-state index contributed by atoms with van der Waals surface area (Å²) in [6.07, 6.45) is 1.57. The molecule has 0 saturated carbocycles. The molecule has 3 aromatic rings. The van der Waals surface area contributed by atoms with Crippen molar-refractivity contribution in [3.8, 4) is 17.4 Å². The number of halogens is 2. The number of ether oxygens (including phenoxy) is 2. The molecule has 27 heavy (non-hydrogen) atoms. The van der Waals surface area contributed by atoms with Gasteiger partial charge in [0.05, 0.1) is 11.6 Å². The monoisotopic (exact) mass is 389 g/mol. The van der Waals surface area contributed by atoms with Crippen LogP contribution in [-0.4, -0.2) is 22.7 Å². The number of rotatable bonds is 6. The van der Waals surface area contributed by atoms with Gasteiger partial charge in [0.15, 0.2) is 11.4 Å². The van der Waals surface area contributed by atoms with E-state index in [4.69, 9.17) is 21.1 Å². The van der Waals surface area contributed by atoms with Gasteiger partial charge in [0.25, 0.3) is 0 Å². The average Bonchev–Trinajstić information content (AvgIpc) is 2.67. The average molecular weight is 390 g/mol. The maximum absolute atomic E-state index is 13.4. The van der Waals surface area contributed by atoms with Crippen molar-refractivity contribution in [2.45, 2.75) is 19.8 Å². The van der Waals surface area contributed by atoms with E-state index in [0.29, 0.717) is 17.2 Å². The number of hydrogen-bond acceptors (Lipinski definition) is 5. The first-order valence-corrected chi connectivity index (χ1v) is 8.80. The SMILES string of the molecule is CCCCOC(=O)c1nc(Oc2ccc(F)c(Cl)c2)c2ccccc2c1O. The Hall–Kier alpha value is -2.86. The normalized spacial score (nSPS) is 10.8. The van der Waals surface area contributed by atoms with Gasteiger partial charge in [-0.05, 0) is 24.6 Å². The second kappa shape index (κ2) is 8.22. The third-order valence-corrected chi connectivity index (χ3v) is 4.17. The van der Waals surface area contributed by atoms with Crippen LogP contribution in [0.25, 0.3) is 10.8 Å². The second-order valence-corrected chi connectivity index (χ2v) is 6.23. The minimum atomic E-state index is -0.742. The van der Waals surface area contributed by atoms with E-state index in [1.54, 1.807) is 24.3 Å². The Bertz CT molecular complexity index is 993. The van der Waals surface area contributed by atoms with Crippen LogP contribution >= 0.6 is 11.6 Å². The van der Waals surface area contributed by atoms with Gasteiger partial charge in [-0.1, -0.05) is 43.1 Å². The van der Waals surface area contributed by atoms with Crippen LogP contribution in [0.5, 0.6) is 17.4 Å². The summed E-state index contributed by atoms with van der Waals surface area (Å²) < 4.78 is 24.2. The fourth-order valence-electron chi connectivity index (χ4n) is 2.47. The smallest absolute Gasteiger partial charge is 0.360 e. The molecule has 0 atom stereocenters. The number of aromatic nitrogens is 1. The van der Waals surface area contributed by atoms with Crippen molar-refractivity contribution in [1.82, 2.24) is 4.98 Å². The number of carbonyl (C=O) groups excluding carboxylic acids is 1. The first-order chi connectivity index (χ1) is 13.0. The molecule has 3 rings (SSSR count). The quantitative estimate of drug-likeness (QED) is 0.446. The van der Waals surface area contributed by atoms with Gasteiger partial charge < -0.3 is 14.6 Å². The first-order valence-electron chi connectivity index (χ1n) is 8.43. The van der Waals surface area contributed by atoms with Crippen LogP contribution in [0, 0.1) is 5.82 Å². The van der Waals surface area contributed by atoms with Crippen molar-refractivity contribution >= 4 is 28.3 Å². The Morgan fingerprint density at radius 3 is 2.67 bits per heavy atom. The van der Waals surface area contributed by atoms with E-state index in [-0.39, 0.29) is 34.7 Å². The standard InChI is InChI=1S/C20H17ClFNO4/c1-2-3-10-26-20(25)17-18(24)13-6-4-5-7-14(13)19(23-17)27-12-8-9-16(22)15(21)11-12/h4-9,11,24H,2-3,10H2,1H3. The number of pyridine rings is 1. The molecule has 0 aliphatic rings. The summed E-state index contributed by atoms with van der Waals surface area (Å²) in [5.74, 6) is -1.28. The van der Waals surface area contributed by atoms with Gasteiger partial charge in [0.2, 0.25) is 5.88 Å². The number of unbranched alkanes of at least 4 members (excludes halogenated alkanes) is 1. The predicted octanol–water partition coefficient (Wildman–Crippen LogP) is 5.48. The van der Waals surface area contributed by atoms with Crippen molar-refractivity contribution in [1.29, 1.82) is 0 Å². The van der Waals surface area contributed by atoms with Crippen molar-refractivity contribution in [2.75, 3.05) is 6.61 Å². The van der Waals surface area contributed by atoms with E-state index in [1.807, 2.05) is 6.92 Å². The molecular weight excluding hydrogens is 373 g/mol. The fraction of sp³-hybridized carbons (Fsp3) is 0.200. The highest BCUT2D eigenvalue weighted by Crippen LogP contribution is 2.36. The molecule has 1 aromatic heterocycles. The molecule has 0 aliphatic heterocycles. The number of esters is 1. The minimum Gasteiger partial charge on any atom is -0.505 e. The van der Waals surface area contributed by atoms with Gasteiger partial charge in [0.1, 0.15) is 11.6 Å². The summed E-state index contributed by atoms with van der Waals surface area (Å²) in [4.78, 5) is 16.5. The summed E-state index contributed by atoms with van der Waals surface area (Å²) in [5.41, 5.74) is -0.243. The van der Waals surface area contributed by atoms with Crippen LogP contribution < -0.4 is 4.74 Å². The molecule has 2 aromatic carbocycles. The number of benzene rings is 2. The summed E-state index contributed by atoms with van der Waals surface area (Å²) in [6.45, 7) is 2.20. The number of fused-ring (bicyclic) bond motifs is 1. The molecule has 7 heteroatoms. The lowest BCUT2D eigenvalue weighted by Gasteiger charge is -2.12. The third kappa shape index (κ3) is 4.11. The van der Waals surface area contributed by atoms with E-state index in [1.165, 1.54) is 18.2 Å². The molecule has 0 radical (unpaired) electrons. The van der Waals surface area contributed by atoms with Crippen LogP contribution in [0.15, 0.2) is 42.5 Å². The largest absolute Gasteiger partial charge is 0.505 e. The number of carbonyl (C=O) groups is 1. The predicted molar refractivity (Wildman–Crippen MR) is 100 cm³/mol. The Labute approximate surface area is 160 Å². The lowest BCUT2D eigenvalue weighted by molar-refractivity contribution is 0.0488. The third-order valence-electron chi connectivity index (χ3n) is 3.88. The fourth-order valence-corrected chi connectivity index (χ4v) is 2.64. The summed E-state index contributed by atoms with van der Waals surface area (Å²) >= 11 is 5.79. The Morgan fingerprint density at radius 1 is 1.22 bits per heavy atom. The molecule has 0 unspecified atom stereocenters. The van der Waals surface area contributed by atoms with E-state index in [0.717, 1.165) is 6.42 Å². The first kappa shape index (κ1) is 18.9. The Kier molecular flexibility index (Phi) is 5.76. The van der Waals surface area contributed by atoms with E-state index >= 15 is 0 Å². The molecule has 0 amide bonds. The van der Waals surface area contributed by atoms with Crippen molar-refractivity contribution < 1.29 is 23.8 Å². The highest BCUT2D eigenvalue weighted by Gasteiger charge is 2.21. The van der Waals surface area contributed by atoms with Gasteiger partial charge in [-0.25, -0.2) is 14.2 Å². The zero-order valence-electron chi connectivity index (χ0n) is 14.5. The lowest BCUT2D eigenvalue weighted by atomic mass is 10.1. The number of hydrogen-bond donors (Lipinski definition) is 1. The molecule has 1 N–H and O–H groups in total. The molecule has 0 bridgehead atoms. The molecule has 5 nitrogen and oxygen atoms in total. The van der Waals surface area contributed by atoms with Crippen LogP contribution in [0.4, 0.5) is 4.39 Å². The summed E-state index contributed by atoms with van der Waals surface area (Å²) in [7, 11) is 0. The zero-order valence-corrected chi connectivity index (χ0v) is 15.3. The van der Waals surface area contributed by atoms with E-state index in [9.17, 15) is 14.3 Å². The van der Waals surface area contributed by atoms with E-state index < -0.39 is 11.8 Å². The van der Waals surface area contributed by atoms with Crippen molar-refractivity contribution in [3.63, 3.8) is 0 Å². The molecule has 140 valence electrons. The van der Waals surface area contributed by atoms with Crippen LogP contribution in [0.1, 0.15) is 30.3 Å². The lowest BCUT2D eigenvalue weighted by Crippen LogP contribution is -2.10. The minimum absolute atomic E-state index is 0.0773. The summed E-state index contributed by atoms with van der Waals surface area (Å²) in [6, 6.07) is 10.7. The highest BCUT2D eigenvalue weighted by molar-refractivity contribution is 6.30. The molecule has 0 aliphatic carbocycles. The molecule has 0 fully saturated rings. The molecule has 1 heterocycles. The number of nitrogens with zero attached hydrogens (tertiary/aromatic N) is 1.